The van der Waals surface area contributed by atoms with Gasteiger partial charge in [-0.05, 0) is 18.2 Å². The Labute approximate surface area is 130 Å². The van der Waals surface area contributed by atoms with E-state index < -0.39 is 11.7 Å². The van der Waals surface area contributed by atoms with Crippen molar-refractivity contribution in [1.29, 1.82) is 0 Å². The number of H-pyrrole nitrogens is 1. The third kappa shape index (κ3) is 2.78. The summed E-state index contributed by atoms with van der Waals surface area (Å²) < 4.78 is 13.7. The lowest BCUT2D eigenvalue weighted by atomic mass is 10.1. The van der Waals surface area contributed by atoms with Crippen LogP contribution >= 0.6 is 0 Å². The molecule has 23 heavy (non-hydrogen) atoms. The van der Waals surface area contributed by atoms with Crippen LogP contribution in [0.4, 0.5) is 10.2 Å². The molecule has 3 rings (SSSR count). The molecule has 7 heteroatoms. The lowest BCUT2D eigenvalue weighted by Crippen LogP contribution is -2.04. The van der Waals surface area contributed by atoms with Gasteiger partial charge in [-0.1, -0.05) is 6.57 Å². The molecule has 0 radical (unpaired) electrons. The highest BCUT2D eigenvalue weighted by molar-refractivity contribution is 5.95. The Kier molecular flexibility index (Phi) is 3.57. The number of carbonyl (C=O) groups is 1. The number of fused-ring (bicyclic) bond motifs is 1. The van der Waals surface area contributed by atoms with Crippen LogP contribution in [0.15, 0.2) is 36.8 Å². The zero-order chi connectivity index (χ0) is 16.4. The number of amides is 1. The van der Waals surface area contributed by atoms with E-state index in [1.807, 2.05) is 0 Å². The molecular formula is C16H10FN5O. The van der Waals surface area contributed by atoms with E-state index in [4.69, 9.17) is 12.3 Å². The van der Waals surface area contributed by atoms with Gasteiger partial charge in [0.25, 0.3) is 0 Å². The number of hydrogen-bond donors (Lipinski definition) is 2. The highest BCUT2D eigenvalue weighted by Gasteiger charge is 2.10. The zero-order valence-electron chi connectivity index (χ0n) is 11.7. The minimum Gasteiger partial charge on any atom is -0.366 e. The Morgan fingerprint density at radius 1 is 1.30 bits per heavy atom. The second kappa shape index (κ2) is 5.69. The Morgan fingerprint density at radius 3 is 2.74 bits per heavy atom. The van der Waals surface area contributed by atoms with E-state index >= 15 is 0 Å². The number of halogens is 1. The van der Waals surface area contributed by atoms with Crippen molar-refractivity contribution in [3.05, 3.63) is 59.6 Å². The lowest BCUT2D eigenvalue weighted by Gasteiger charge is -2.01. The number of pyridine rings is 2. The summed E-state index contributed by atoms with van der Waals surface area (Å²) in [5, 5.41) is 0.759. The van der Waals surface area contributed by atoms with Crippen LogP contribution in [0.5, 0.6) is 0 Å². The van der Waals surface area contributed by atoms with Gasteiger partial charge in [-0.25, -0.2) is 9.37 Å². The molecular weight excluding hydrogens is 297 g/mol. The SMILES string of the molecule is [C-]#[N+]c1ncc(-c2cnc3[nH]cc(/C=C/C(N)=O)c3c2)cc1F. The van der Waals surface area contributed by atoms with Gasteiger partial charge >= 0.3 is 5.82 Å². The van der Waals surface area contributed by atoms with Crippen molar-refractivity contribution in [3.63, 3.8) is 0 Å². The Hall–Kier alpha value is -3.53. The molecule has 0 bridgehead atoms. The molecule has 0 aromatic carbocycles. The van der Waals surface area contributed by atoms with E-state index in [1.54, 1.807) is 24.5 Å². The van der Waals surface area contributed by atoms with Crippen molar-refractivity contribution < 1.29 is 9.18 Å². The molecule has 3 N–H and O–H groups in total. The van der Waals surface area contributed by atoms with Gasteiger partial charge in [0.05, 0.1) is 0 Å². The van der Waals surface area contributed by atoms with Crippen molar-refractivity contribution >= 4 is 28.8 Å². The molecule has 1 amide bonds. The van der Waals surface area contributed by atoms with E-state index in [2.05, 4.69) is 19.8 Å². The second-order valence-electron chi connectivity index (χ2n) is 4.74. The van der Waals surface area contributed by atoms with Gasteiger partial charge in [0.2, 0.25) is 5.91 Å². The fourth-order valence-electron chi connectivity index (χ4n) is 2.16. The van der Waals surface area contributed by atoms with Gasteiger partial charge in [-0.2, -0.15) is 0 Å². The smallest absolute Gasteiger partial charge is 0.305 e. The predicted molar refractivity (Wildman–Crippen MR) is 83.8 cm³/mol. The summed E-state index contributed by atoms with van der Waals surface area (Å²) in [7, 11) is 0. The predicted octanol–water partition coefficient (Wildman–Crippen LogP) is 2.81. The van der Waals surface area contributed by atoms with Crippen molar-refractivity contribution in [3.8, 4) is 11.1 Å². The number of aromatic amines is 1. The van der Waals surface area contributed by atoms with Gasteiger partial charge in [0, 0.05) is 40.5 Å². The van der Waals surface area contributed by atoms with Gasteiger partial charge in [-0.15, -0.1) is 4.98 Å². The van der Waals surface area contributed by atoms with E-state index in [0.29, 0.717) is 16.8 Å². The second-order valence-corrected chi connectivity index (χ2v) is 4.74. The Morgan fingerprint density at radius 2 is 2.04 bits per heavy atom. The third-order valence-corrected chi connectivity index (χ3v) is 3.25. The maximum Gasteiger partial charge on any atom is 0.305 e. The average Bonchev–Trinajstić information content (AvgIpc) is 2.95. The number of nitrogens with zero attached hydrogens (tertiary/aromatic N) is 3. The van der Waals surface area contributed by atoms with Crippen LogP contribution in [0.2, 0.25) is 0 Å². The first-order chi connectivity index (χ1) is 11.1. The molecule has 0 atom stereocenters. The highest BCUT2D eigenvalue weighted by atomic mass is 19.1. The first kappa shape index (κ1) is 14.4. The number of carbonyl (C=O) groups excluding carboxylic acids is 1. The van der Waals surface area contributed by atoms with Crippen molar-refractivity contribution in [2.45, 2.75) is 0 Å². The van der Waals surface area contributed by atoms with E-state index in [0.717, 1.165) is 10.9 Å². The standard InChI is InChI=1S/C16H10FN5O/c1-19-16-13(17)5-11(8-22-16)10-4-12-9(2-3-14(18)23)6-20-15(12)21-7-10/h2-8H,(H2,18,23)(H,20,21)/b3-2+. The van der Waals surface area contributed by atoms with Gasteiger partial charge in [0.15, 0.2) is 5.82 Å². The molecule has 0 aliphatic rings. The number of hydrogen-bond acceptors (Lipinski definition) is 3. The van der Waals surface area contributed by atoms with Gasteiger partial charge in [-0.3, -0.25) is 4.79 Å². The molecule has 6 nitrogen and oxygen atoms in total. The molecule has 0 fully saturated rings. The topological polar surface area (TPSA) is 89.0 Å². The van der Waals surface area contributed by atoms with Crippen LogP contribution in [0, 0.1) is 12.4 Å². The van der Waals surface area contributed by atoms with Crippen LogP contribution in [-0.2, 0) is 4.79 Å². The largest absolute Gasteiger partial charge is 0.366 e. The number of rotatable bonds is 3. The third-order valence-electron chi connectivity index (χ3n) is 3.25. The van der Waals surface area contributed by atoms with Crippen LogP contribution in [0.25, 0.3) is 33.1 Å². The summed E-state index contributed by atoms with van der Waals surface area (Å²) in [5.74, 6) is -1.50. The number of nitrogens with two attached hydrogens (primary N) is 1. The quantitative estimate of drug-likeness (QED) is 0.576. The molecule has 112 valence electrons. The molecule has 0 aliphatic carbocycles. The monoisotopic (exact) mass is 307 g/mol. The molecule has 0 spiro atoms. The number of nitrogens with one attached hydrogen (secondary N) is 1. The fraction of sp³-hybridized carbons (Fsp3) is 0. The summed E-state index contributed by atoms with van der Waals surface area (Å²) in [4.78, 5) is 24.9. The number of aromatic nitrogens is 3. The Balaban J connectivity index is 2.09. The van der Waals surface area contributed by atoms with Crippen molar-refractivity contribution in [2.75, 3.05) is 0 Å². The lowest BCUT2D eigenvalue weighted by molar-refractivity contribution is -0.113. The summed E-state index contributed by atoms with van der Waals surface area (Å²) in [6.45, 7) is 6.82. The maximum absolute atomic E-state index is 13.7. The molecule has 0 saturated carbocycles. The minimum absolute atomic E-state index is 0.269. The molecule has 0 unspecified atom stereocenters. The van der Waals surface area contributed by atoms with Crippen molar-refractivity contribution in [2.24, 2.45) is 5.73 Å². The maximum atomic E-state index is 13.7. The van der Waals surface area contributed by atoms with E-state index in [-0.39, 0.29) is 5.82 Å². The first-order valence-electron chi connectivity index (χ1n) is 6.56. The molecule has 0 saturated heterocycles. The molecule has 0 aliphatic heterocycles. The van der Waals surface area contributed by atoms with Crippen LogP contribution in [0.1, 0.15) is 5.56 Å². The number of primary amides is 1. The highest BCUT2D eigenvalue weighted by Crippen LogP contribution is 2.27. The van der Waals surface area contributed by atoms with Crippen LogP contribution < -0.4 is 5.73 Å². The Bertz CT molecular complexity index is 984. The van der Waals surface area contributed by atoms with Gasteiger partial charge < -0.3 is 15.6 Å². The van der Waals surface area contributed by atoms with Gasteiger partial charge in [0.1, 0.15) is 11.8 Å². The fourth-order valence-corrected chi connectivity index (χ4v) is 2.16. The van der Waals surface area contributed by atoms with Crippen LogP contribution in [0.3, 0.4) is 0 Å². The van der Waals surface area contributed by atoms with E-state index in [9.17, 15) is 9.18 Å². The van der Waals surface area contributed by atoms with E-state index in [1.165, 1.54) is 18.3 Å². The first-order valence-corrected chi connectivity index (χ1v) is 6.56. The zero-order valence-corrected chi connectivity index (χ0v) is 11.7. The summed E-state index contributed by atoms with van der Waals surface area (Å²) >= 11 is 0. The summed E-state index contributed by atoms with van der Waals surface area (Å²) in [5.41, 5.74) is 7.61. The van der Waals surface area contributed by atoms with Crippen LogP contribution in [-0.4, -0.2) is 20.9 Å². The normalized spacial score (nSPS) is 11.0. The molecule has 3 aromatic rings. The van der Waals surface area contributed by atoms with Crippen molar-refractivity contribution in [1.82, 2.24) is 15.0 Å². The molecule has 3 heterocycles. The molecule has 3 aromatic heterocycles. The summed E-state index contributed by atoms with van der Waals surface area (Å²) in [6, 6.07) is 3.04. The summed E-state index contributed by atoms with van der Waals surface area (Å²) in [6.07, 6.45) is 7.52. The minimum atomic E-state index is -0.680. The average molecular weight is 307 g/mol.